The number of hydrogen-bond acceptors (Lipinski definition) is 6. The predicted molar refractivity (Wildman–Crippen MR) is 90.6 cm³/mol. The number of carbonyl (C=O) groups excluding carboxylic acids is 1. The maximum atomic E-state index is 12.3. The lowest BCUT2D eigenvalue weighted by Gasteiger charge is -2.09. The standard InChI is InChI=1S/C17H14N6O2/c1-11-8-12(17-21-18-10-25-17)6-7-13(11)19-16(24)9-23-15-5-3-2-4-14(15)20-22-23/h2-8,10H,9H2,1H3,(H,19,24). The number of nitrogens with zero attached hydrogens (tertiary/aromatic N) is 5. The summed E-state index contributed by atoms with van der Waals surface area (Å²) in [7, 11) is 0. The highest BCUT2D eigenvalue weighted by atomic mass is 16.4. The van der Waals surface area contributed by atoms with Crippen LogP contribution in [0.2, 0.25) is 0 Å². The van der Waals surface area contributed by atoms with Crippen LogP contribution in [-0.2, 0) is 11.3 Å². The van der Waals surface area contributed by atoms with Gasteiger partial charge in [0.2, 0.25) is 18.2 Å². The topological polar surface area (TPSA) is 98.7 Å². The number of fused-ring (bicyclic) bond motifs is 1. The molecule has 0 saturated carbocycles. The molecule has 1 amide bonds. The lowest BCUT2D eigenvalue weighted by molar-refractivity contribution is -0.116. The fourth-order valence-corrected chi connectivity index (χ4v) is 2.60. The number of rotatable bonds is 4. The van der Waals surface area contributed by atoms with E-state index in [-0.39, 0.29) is 12.5 Å². The number of nitrogens with one attached hydrogen (secondary N) is 1. The molecule has 0 aliphatic rings. The first-order chi connectivity index (χ1) is 12.2. The Morgan fingerprint density at radius 1 is 1.20 bits per heavy atom. The average molecular weight is 334 g/mol. The van der Waals surface area contributed by atoms with Gasteiger partial charge < -0.3 is 9.73 Å². The zero-order chi connectivity index (χ0) is 17.2. The average Bonchev–Trinajstić information content (AvgIpc) is 3.27. The van der Waals surface area contributed by atoms with Crippen molar-refractivity contribution in [3.63, 3.8) is 0 Å². The number of aromatic nitrogens is 5. The summed E-state index contributed by atoms with van der Waals surface area (Å²) in [6, 6.07) is 13.0. The number of carbonyl (C=O) groups is 1. The van der Waals surface area contributed by atoms with Gasteiger partial charge in [-0.2, -0.15) is 0 Å². The smallest absolute Gasteiger partial charge is 0.247 e. The van der Waals surface area contributed by atoms with E-state index in [4.69, 9.17) is 4.42 Å². The third kappa shape index (κ3) is 2.97. The molecule has 0 aliphatic carbocycles. The highest BCUT2D eigenvalue weighted by molar-refractivity contribution is 5.92. The molecule has 0 radical (unpaired) electrons. The van der Waals surface area contributed by atoms with Gasteiger partial charge in [-0.3, -0.25) is 4.79 Å². The van der Waals surface area contributed by atoms with Gasteiger partial charge in [-0.05, 0) is 42.8 Å². The molecule has 0 aliphatic heterocycles. The van der Waals surface area contributed by atoms with Crippen molar-refractivity contribution in [2.45, 2.75) is 13.5 Å². The summed E-state index contributed by atoms with van der Waals surface area (Å²) in [4.78, 5) is 12.3. The Morgan fingerprint density at radius 2 is 2.08 bits per heavy atom. The molecule has 2 heterocycles. The summed E-state index contributed by atoms with van der Waals surface area (Å²) in [5.74, 6) is 0.263. The highest BCUT2D eigenvalue weighted by Crippen LogP contribution is 2.23. The molecule has 0 unspecified atom stereocenters. The zero-order valence-electron chi connectivity index (χ0n) is 13.4. The zero-order valence-corrected chi connectivity index (χ0v) is 13.4. The Balaban J connectivity index is 1.51. The molecule has 8 heteroatoms. The van der Waals surface area contributed by atoms with Crippen LogP contribution < -0.4 is 5.32 Å². The van der Waals surface area contributed by atoms with Crippen LogP contribution >= 0.6 is 0 Å². The SMILES string of the molecule is Cc1cc(-c2nnco2)ccc1NC(=O)Cn1nnc2ccccc21. The lowest BCUT2D eigenvalue weighted by Crippen LogP contribution is -2.20. The molecule has 2 aromatic carbocycles. The molecular weight excluding hydrogens is 320 g/mol. The van der Waals surface area contributed by atoms with Crippen molar-refractivity contribution in [2.24, 2.45) is 0 Å². The molecule has 0 spiro atoms. The van der Waals surface area contributed by atoms with E-state index in [1.807, 2.05) is 49.4 Å². The van der Waals surface area contributed by atoms with Crippen molar-refractivity contribution in [3.8, 4) is 11.5 Å². The van der Waals surface area contributed by atoms with E-state index in [2.05, 4.69) is 25.8 Å². The predicted octanol–water partition coefficient (Wildman–Crippen LogP) is 2.43. The van der Waals surface area contributed by atoms with Gasteiger partial charge in [0.1, 0.15) is 12.1 Å². The molecule has 1 N–H and O–H groups in total. The number of amides is 1. The van der Waals surface area contributed by atoms with Crippen LogP contribution in [0.4, 0.5) is 5.69 Å². The quantitative estimate of drug-likeness (QED) is 0.615. The molecule has 0 atom stereocenters. The Hall–Kier alpha value is -3.55. The third-order valence-corrected chi connectivity index (χ3v) is 3.82. The molecular formula is C17H14N6O2. The molecule has 25 heavy (non-hydrogen) atoms. The van der Waals surface area contributed by atoms with Crippen LogP contribution in [0.5, 0.6) is 0 Å². The summed E-state index contributed by atoms with van der Waals surface area (Å²) in [6.45, 7) is 1.99. The van der Waals surface area contributed by atoms with Crippen LogP contribution in [-0.4, -0.2) is 31.1 Å². The molecule has 0 saturated heterocycles. The first-order valence-electron chi connectivity index (χ1n) is 7.66. The fraction of sp³-hybridized carbons (Fsp3) is 0.118. The van der Waals surface area contributed by atoms with Crippen molar-refractivity contribution >= 4 is 22.6 Å². The largest absolute Gasteiger partial charge is 0.423 e. The minimum Gasteiger partial charge on any atom is -0.423 e. The van der Waals surface area contributed by atoms with Crippen LogP contribution in [0.3, 0.4) is 0 Å². The Labute approximate surface area is 142 Å². The maximum Gasteiger partial charge on any atom is 0.247 e. The number of para-hydroxylation sites is 1. The van der Waals surface area contributed by atoms with Crippen LogP contribution in [0, 0.1) is 6.92 Å². The molecule has 8 nitrogen and oxygen atoms in total. The maximum absolute atomic E-state index is 12.3. The van der Waals surface area contributed by atoms with E-state index in [1.165, 1.54) is 6.39 Å². The first kappa shape index (κ1) is 15.0. The number of aryl methyl sites for hydroxylation is 1. The van der Waals surface area contributed by atoms with E-state index < -0.39 is 0 Å². The fourth-order valence-electron chi connectivity index (χ4n) is 2.60. The number of benzene rings is 2. The van der Waals surface area contributed by atoms with E-state index >= 15 is 0 Å². The second-order valence-corrected chi connectivity index (χ2v) is 5.56. The number of hydrogen-bond donors (Lipinski definition) is 1. The van der Waals surface area contributed by atoms with Gasteiger partial charge in [-0.25, -0.2) is 4.68 Å². The van der Waals surface area contributed by atoms with Crippen molar-refractivity contribution in [3.05, 3.63) is 54.4 Å². The van der Waals surface area contributed by atoms with Crippen molar-refractivity contribution in [1.82, 2.24) is 25.2 Å². The summed E-state index contributed by atoms with van der Waals surface area (Å²) in [5, 5.41) is 18.5. The lowest BCUT2D eigenvalue weighted by atomic mass is 10.1. The molecule has 124 valence electrons. The van der Waals surface area contributed by atoms with Crippen molar-refractivity contribution < 1.29 is 9.21 Å². The Morgan fingerprint density at radius 3 is 2.88 bits per heavy atom. The van der Waals surface area contributed by atoms with Gasteiger partial charge in [0.15, 0.2) is 0 Å². The van der Waals surface area contributed by atoms with E-state index in [0.717, 1.165) is 27.8 Å². The summed E-state index contributed by atoms with van der Waals surface area (Å²) >= 11 is 0. The molecule has 0 fully saturated rings. The second kappa shape index (κ2) is 6.16. The van der Waals surface area contributed by atoms with Gasteiger partial charge in [-0.15, -0.1) is 15.3 Å². The summed E-state index contributed by atoms with van der Waals surface area (Å²) < 4.78 is 6.75. The van der Waals surface area contributed by atoms with Crippen LogP contribution in [0.15, 0.2) is 53.3 Å². The highest BCUT2D eigenvalue weighted by Gasteiger charge is 2.11. The van der Waals surface area contributed by atoms with Gasteiger partial charge in [0.05, 0.1) is 5.52 Å². The second-order valence-electron chi connectivity index (χ2n) is 5.56. The van der Waals surface area contributed by atoms with Gasteiger partial charge in [0, 0.05) is 11.3 Å². The van der Waals surface area contributed by atoms with E-state index in [9.17, 15) is 4.79 Å². The van der Waals surface area contributed by atoms with Gasteiger partial charge >= 0.3 is 0 Å². The van der Waals surface area contributed by atoms with E-state index in [1.54, 1.807) is 4.68 Å². The molecule has 4 rings (SSSR count). The van der Waals surface area contributed by atoms with E-state index in [0.29, 0.717) is 5.89 Å². The monoisotopic (exact) mass is 334 g/mol. The normalized spacial score (nSPS) is 10.9. The molecule has 4 aromatic rings. The minimum atomic E-state index is -0.177. The third-order valence-electron chi connectivity index (χ3n) is 3.82. The Kier molecular flexibility index (Phi) is 3.70. The molecule has 0 bridgehead atoms. The minimum absolute atomic E-state index is 0.0887. The van der Waals surface area contributed by atoms with Crippen LogP contribution in [0.25, 0.3) is 22.5 Å². The van der Waals surface area contributed by atoms with Crippen molar-refractivity contribution in [2.75, 3.05) is 5.32 Å². The van der Waals surface area contributed by atoms with Crippen molar-refractivity contribution in [1.29, 1.82) is 0 Å². The molecule has 2 aromatic heterocycles. The van der Waals surface area contributed by atoms with Gasteiger partial charge in [0.25, 0.3) is 0 Å². The summed E-state index contributed by atoms with van der Waals surface area (Å²) in [5.41, 5.74) is 4.00. The van der Waals surface area contributed by atoms with Gasteiger partial charge in [-0.1, -0.05) is 17.3 Å². The Bertz CT molecular complexity index is 1040. The summed E-state index contributed by atoms with van der Waals surface area (Å²) in [6.07, 6.45) is 1.28. The number of anilines is 1. The first-order valence-corrected chi connectivity index (χ1v) is 7.66. The van der Waals surface area contributed by atoms with Crippen LogP contribution in [0.1, 0.15) is 5.56 Å².